The molecule has 0 bridgehead atoms. The van der Waals surface area contributed by atoms with Gasteiger partial charge in [-0.1, -0.05) is 57.0 Å². The van der Waals surface area contributed by atoms with E-state index in [0.717, 1.165) is 31.2 Å². The fourth-order valence-corrected chi connectivity index (χ4v) is 2.79. The molecule has 0 aromatic heterocycles. The second-order valence-electron chi connectivity index (χ2n) is 6.28. The molecular weight excluding hydrogens is 318 g/mol. The molecule has 0 spiro atoms. The summed E-state index contributed by atoms with van der Waals surface area (Å²) >= 11 is 0. The van der Waals surface area contributed by atoms with Gasteiger partial charge in [0.2, 0.25) is 0 Å². The molecular formula is C20H31NO4. The second kappa shape index (κ2) is 11.6. The van der Waals surface area contributed by atoms with E-state index in [2.05, 4.69) is 19.2 Å². The Hall–Kier alpha value is -1.88. The van der Waals surface area contributed by atoms with E-state index in [1.165, 1.54) is 0 Å². The molecule has 25 heavy (non-hydrogen) atoms. The first-order chi connectivity index (χ1) is 12.0. The predicted molar refractivity (Wildman–Crippen MR) is 97.9 cm³/mol. The van der Waals surface area contributed by atoms with Crippen molar-refractivity contribution in [1.29, 1.82) is 0 Å². The number of carbonyl (C=O) groups is 2. The van der Waals surface area contributed by atoms with Gasteiger partial charge >= 0.3 is 11.9 Å². The topological polar surface area (TPSA) is 64.6 Å². The summed E-state index contributed by atoms with van der Waals surface area (Å²) in [6.07, 6.45) is 2.90. The predicted octanol–water partition coefficient (Wildman–Crippen LogP) is 3.47. The Morgan fingerprint density at radius 2 is 1.64 bits per heavy atom. The van der Waals surface area contributed by atoms with Crippen LogP contribution in [0.3, 0.4) is 0 Å². The van der Waals surface area contributed by atoms with Crippen LogP contribution in [0, 0.1) is 5.92 Å². The fourth-order valence-electron chi connectivity index (χ4n) is 2.79. The molecule has 0 unspecified atom stereocenters. The summed E-state index contributed by atoms with van der Waals surface area (Å²) in [4.78, 5) is 24.7. The van der Waals surface area contributed by atoms with Gasteiger partial charge < -0.3 is 14.8 Å². The number of hydrogen-bond acceptors (Lipinski definition) is 5. The Morgan fingerprint density at radius 1 is 1.04 bits per heavy atom. The van der Waals surface area contributed by atoms with Crippen LogP contribution in [0.1, 0.15) is 52.0 Å². The number of carbonyl (C=O) groups excluding carboxylic acids is 2. The van der Waals surface area contributed by atoms with Crippen LogP contribution in [0.5, 0.6) is 0 Å². The van der Waals surface area contributed by atoms with E-state index in [1.807, 2.05) is 30.3 Å². The highest BCUT2D eigenvalue weighted by Crippen LogP contribution is 2.17. The lowest BCUT2D eigenvalue weighted by molar-refractivity contribution is -0.161. The highest BCUT2D eigenvalue weighted by atomic mass is 16.6. The van der Waals surface area contributed by atoms with Crippen molar-refractivity contribution in [3.05, 3.63) is 35.9 Å². The lowest BCUT2D eigenvalue weighted by atomic mass is 9.98. The maximum Gasteiger partial charge on any atom is 0.327 e. The van der Waals surface area contributed by atoms with Crippen molar-refractivity contribution in [3.8, 4) is 0 Å². The van der Waals surface area contributed by atoms with Crippen LogP contribution in [0.2, 0.25) is 0 Å². The van der Waals surface area contributed by atoms with E-state index in [4.69, 9.17) is 9.47 Å². The lowest BCUT2D eigenvalue weighted by Crippen LogP contribution is -2.46. The maximum absolute atomic E-state index is 12.4. The molecule has 0 fully saturated rings. The third-order valence-electron chi connectivity index (χ3n) is 4.17. The molecule has 5 nitrogen and oxygen atoms in total. The molecule has 0 aliphatic carbocycles. The number of ether oxygens (including phenoxy) is 2. The average molecular weight is 349 g/mol. The van der Waals surface area contributed by atoms with Crippen molar-refractivity contribution in [2.75, 3.05) is 7.05 Å². The molecule has 1 N–H and O–H groups in total. The first kappa shape index (κ1) is 21.2. The minimum atomic E-state index is -0.684. The SMILES string of the molecule is CCCC(CCC)C(=O)O[C@@H](C)[C@H](NC)C(=O)OCc1ccccc1. The summed E-state index contributed by atoms with van der Waals surface area (Å²) in [7, 11) is 1.66. The molecule has 1 aromatic rings. The monoisotopic (exact) mass is 349 g/mol. The number of nitrogens with one attached hydrogen (secondary N) is 1. The number of hydrogen-bond donors (Lipinski definition) is 1. The summed E-state index contributed by atoms with van der Waals surface area (Å²) in [5.74, 6) is -0.753. The van der Waals surface area contributed by atoms with Crippen LogP contribution in [-0.4, -0.2) is 31.1 Å². The van der Waals surface area contributed by atoms with Gasteiger partial charge in [-0.3, -0.25) is 9.59 Å². The van der Waals surface area contributed by atoms with Crippen molar-refractivity contribution in [3.63, 3.8) is 0 Å². The van der Waals surface area contributed by atoms with Crippen LogP contribution < -0.4 is 5.32 Å². The molecule has 2 atom stereocenters. The third-order valence-corrected chi connectivity index (χ3v) is 4.17. The zero-order valence-electron chi connectivity index (χ0n) is 15.8. The van der Waals surface area contributed by atoms with E-state index in [0.29, 0.717) is 0 Å². The van der Waals surface area contributed by atoms with Crippen molar-refractivity contribution >= 4 is 11.9 Å². The minimum absolute atomic E-state index is 0.102. The van der Waals surface area contributed by atoms with Crippen molar-refractivity contribution in [2.24, 2.45) is 5.92 Å². The van der Waals surface area contributed by atoms with Crippen LogP contribution in [0.25, 0.3) is 0 Å². The van der Waals surface area contributed by atoms with Gasteiger partial charge in [0.15, 0.2) is 0 Å². The van der Waals surface area contributed by atoms with Crippen LogP contribution in [-0.2, 0) is 25.7 Å². The number of rotatable bonds is 11. The summed E-state index contributed by atoms with van der Waals surface area (Å²) < 4.78 is 10.9. The Morgan fingerprint density at radius 3 is 2.16 bits per heavy atom. The zero-order chi connectivity index (χ0) is 18.7. The molecule has 0 heterocycles. The number of esters is 2. The summed E-state index contributed by atoms with van der Waals surface area (Å²) in [5, 5.41) is 2.89. The molecule has 0 aliphatic heterocycles. The van der Waals surface area contributed by atoms with E-state index in [9.17, 15) is 9.59 Å². The van der Waals surface area contributed by atoms with E-state index < -0.39 is 18.1 Å². The standard InChI is InChI=1S/C20H31NO4/c1-5-10-17(11-6-2)19(22)25-15(3)18(21-4)20(23)24-14-16-12-8-7-9-13-16/h7-9,12-13,15,17-18,21H,5-6,10-11,14H2,1-4H3/t15-,18-/m0/s1. The highest BCUT2D eigenvalue weighted by Gasteiger charge is 2.30. The van der Waals surface area contributed by atoms with Gasteiger partial charge in [0.05, 0.1) is 5.92 Å². The Kier molecular flexibility index (Phi) is 9.85. The first-order valence-electron chi connectivity index (χ1n) is 9.11. The third kappa shape index (κ3) is 7.26. The number of benzene rings is 1. The Labute approximate surface area is 151 Å². The lowest BCUT2D eigenvalue weighted by Gasteiger charge is -2.24. The number of likely N-dealkylation sites (N-methyl/N-ethyl adjacent to an activating group) is 1. The summed E-state index contributed by atoms with van der Waals surface area (Å²) in [6.45, 7) is 6.03. The van der Waals surface area contributed by atoms with Gasteiger partial charge in [-0.25, -0.2) is 0 Å². The summed E-state index contributed by atoms with van der Waals surface area (Å²) in [6, 6.07) is 8.80. The minimum Gasteiger partial charge on any atom is -0.460 e. The molecule has 0 saturated carbocycles. The van der Waals surface area contributed by atoms with Gasteiger partial charge in [0.1, 0.15) is 18.8 Å². The van der Waals surface area contributed by atoms with E-state index >= 15 is 0 Å². The average Bonchev–Trinajstić information content (AvgIpc) is 2.61. The van der Waals surface area contributed by atoms with Crippen LogP contribution in [0.15, 0.2) is 30.3 Å². The molecule has 0 radical (unpaired) electrons. The van der Waals surface area contributed by atoms with Crippen molar-refractivity contribution < 1.29 is 19.1 Å². The van der Waals surface area contributed by atoms with Crippen molar-refractivity contribution in [1.82, 2.24) is 5.32 Å². The van der Waals surface area contributed by atoms with E-state index in [-0.39, 0.29) is 18.5 Å². The van der Waals surface area contributed by atoms with Gasteiger partial charge in [-0.2, -0.15) is 0 Å². The molecule has 0 saturated heterocycles. The molecule has 0 aliphatic rings. The summed E-state index contributed by atoms with van der Waals surface area (Å²) in [5.41, 5.74) is 0.918. The fraction of sp³-hybridized carbons (Fsp3) is 0.600. The Balaban J connectivity index is 2.58. The molecule has 1 rings (SSSR count). The van der Waals surface area contributed by atoms with Crippen molar-refractivity contribution in [2.45, 2.75) is 65.2 Å². The maximum atomic E-state index is 12.4. The van der Waals surface area contributed by atoms with Gasteiger partial charge in [0.25, 0.3) is 0 Å². The molecule has 1 aromatic carbocycles. The van der Waals surface area contributed by atoms with Crippen LogP contribution in [0.4, 0.5) is 0 Å². The second-order valence-corrected chi connectivity index (χ2v) is 6.28. The van der Waals surface area contributed by atoms with Crippen LogP contribution >= 0.6 is 0 Å². The van der Waals surface area contributed by atoms with Gasteiger partial charge in [0, 0.05) is 0 Å². The molecule has 0 amide bonds. The molecule has 140 valence electrons. The molecule has 5 heteroatoms. The van der Waals surface area contributed by atoms with Gasteiger partial charge in [-0.05, 0) is 32.4 Å². The first-order valence-corrected chi connectivity index (χ1v) is 9.11. The smallest absolute Gasteiger partial charge is 0.327 e. The Bertz CT molecular complexity index is 512. The quantitative estimate of drug-likeness (QED) is 0.620. The normalized spacial score (nSPS) is 13.3. The highest BCUT2D eigenvalue weighted by molar-refractivity contribution is 5.78. The van der Waals surface area contributed by atoms with Gasteiger partial charge in [-0.15, -0.1) is 0 Å². The largest absolute Gasteiger partial charge is 0.460 e. The van der Waals surface area contributed by atoms with E-state index in [1.54, 1.807) is 14.0 Å². The zero-order valence-corrected chi connectivity index (χ0v) is 15.8.